The van der Waals surface area contributed by atoms with Gasteiger partial charge in [-0.3, -0.25) is 0 Å². The first-order valence-corrected chi connectivity index (χ1v) is 4.52. The van der Waals surface area contributed by atoms with Crippen LogP contribution in [0.3, 0.4) is 0 Å². The van der Waals surface area contributed by atoms with Crippen molar-refractivity contribution in [2.24, 2.45) is 0 Å². The lowest BCUT2D eigenvalue weighted by molar-refractivity contribution is 0.629. The van der Waals surface area contributed by atoms with Gasteiger partial charge in [0.15, 0.2) is 5.82 Å². The van der Waals surface area contributed by atoms with E-state index in [9.17, 15) is 4.39 Å². The van der Waals surface area contributed by atoms with Crippen molar-refractivity contribution in [2.45, 2.75) is 0 Å². The van der Waals surface area contributed by atoms with Crippen molar-refractivity contribution in [1.82, 2.24) is 0 Å². The van der Waals surface area contributed by atoms with Crippen molar-refractivity contribution in [3.8, 4) is 0 Å². The molecule has 0 aromatic heterocycles. The van der Waals surface area contributed by atoms with Crippen LogP contribution in [0.1, 0.15) is 0 Å². The molecule has 0 aliphatic heterocycles. The SMILES string of the molecule is Fc1c(Cl)c(Cl)c(Cl)c(Cl)c1Cl. The molecule has 0 atom stereocenters. The van der Waals surface area contributed by atoms with E-state index >= 15 is 0 Å². The molecule has 0 nitrogen and oxygen atoms in total. The predicted octanol–water partition coefficient (Wildman–Crippen LogP) is 5.09. The standard InChI is InChI=1S/C6Cl5F/c7-1-2(8)4(10)6(12)5(11)3(1)9. The minimum atomic E-state index is -0.863. The summed E-state index contributed by atoms with van der Waals surface area (Å²) in [5.74, 6) is -0.863. The van der Waals surface area contributed by atoms with E-state index in [2.05, 4.69) is 0 Å². The van der Waals surface area contributed by atoms with Gasteiger partial charge < -0.3 is 0 Å². The van der Waals surface area contributed by atoms with Gasteiger partial charge in [-0.25, -0.2) is 4.39 Å². The maximum Gasteiger partial charge on any atom is 0.163 e. The average molecular weight is 268 g/mol. The van der Waals surface area contributed by atoms with Gasteiger partial charge in [0.1, 0.15) is 0 Å². The molecular weight excluding hydrogens is 268 g/mol. The van der Waals surface area contributed by atoms with Crippen LogP contribution in [0.5, 0.6) is 0 Å². The summed E-state index contributed by atoms with van der Waals surface area (Å²) in [6.07, 6.45) is 0. The summed E-state index contributed by atoms with van der Waals surface area (Å²) >= 11 is 27.4. The molecule has 0 N–H and O–H groups in total. The number of hydrogen-bond acceptors (Lipinski definition) is 0. The van der Waals surface area contributed by atoms with E-state index in [1.807, 2.05) is 0 Å². The Morgan fingerprint density at radius 1 is 0.583 bits per heavy atom. The maximum absolute atomic E-state index is 12.9. The van der Waals surface area contributed by atoms with E-state index in [-0.39, 0.29) is 25.1 Å². The summed E-state index contributed by atoms with van der Waals surface area (Å²) in [7, 11) is 0. The van der Waals surface area contributed by atoms with Gasteiger partial charge in [-0.2, -0.15) is 0 Å². The van der Waals surface area contributed by atoms with Gasteiger partial charge in [0.2, 0.25) is 0 Å². The fourth-order valence-corrected chi connectivity index (χ4v) is 1.69. The van der Waals surface area contributed by atoms with Crippen molar-refractivity contribution in [2.75, 3.05) is 0 Å². The molecule has 66 valence electrons. The summed E-state index contributed by atoms with van der Waals surface area (Å²) in [4.78, 5) is 0. The molecular formula is C6Cl5F. The molecule has 0 heterocycles. The van der Waals surface area contributed by atoms with E-state index in [0.29, 0.717) is 0 Å². The van der Waals surface area contributed by atoms with Crippen LogP contribution in [0, 0.1) is 5.82 Å². The molecule has 6 heteroatoms. The largest absolute Gasteiger partial charge is 0.204 e. The maximum atomic E-state index is 12.9. The fraction of sp³-hybridized carbons (Fsp3) is 0. The Hall–Kier alpha value is 0.600. The number of benzene rings is 1. The smallest absolute Gasteiger partial charge is 0.163 e. The third-order valence-electron chi connectivity index (χ3n) is 1.16. The lowest BCUT2D eigenvalue weighted by Gasteiger charge is -2.05. The summed E-state index contributed by atoms with van der Waals surface area (Å²) in [6.45, 7) is 0. The van der Waals surface area contributed by atoms with Gasteiger partial charge in [0.25, 0.3) is 0 Å². The van der Waals surface area contributed by atoms with Gasteiger partial charge in [-0.1, -0.05) is 58.0 Å². The van der Waals surface area contributed by atoms with Crippen molar-refractivity contribution in [3.05, 3.63) is 30.9 Å². The second kappa shape index (κ2) is 3.77. The van der Waals surface area contributed by atoms with E-state index in [1.54, 1.807) is 0 Å². The van der Waals surface area contributed by atoms with Crippen LogP contribution in [0.4, 0.5) is 4.39 Å². The number of rotatable bonds is 0. The molecule has 1 aromatic rings. The highest BCUT2D eigenvalue weighted by atomic mass is 35.5. The van der Waals surface area contributed by atoms with Crippen LogP contribution in [0.2, 0.25) is 25.1 Å². The molecule has 0 aliphatic carbocycles. The summed E-state index contributed by atoms with van der Waals surface area (Å²) < 4.78 is 12.9. The third kappa shape index (κ3) is 1.61. The molecule has 1 rings (SSSR count). The highest BCUT2D eigenvalue weighted by Crippen LogP contribution is 2.42. The Morgan fingerprint density at radius 3 is 1.17 bits per heavy atom. The van der Waals surface area contributed by atoms with E-state index in [1.165, 1.54) is 0 Å². The zero-order chi connectivity index (χ0) is 9.46. The molecule has 0 radical (unpaired) electrons. The van der Waals surface area contributed by atoms with Crippen molar-refractivity contribution in [1.29, 1.82) is 0 Å². The Bertz CT molecular complexity index is 230. The van der Waals surface area contributed by atoms with Crippen LogP contribution >= 0.6 is 58.0 Å². The Labute approximate surface area is 93.1 Å². The minimum Gasteiger partial charge on any atom is -0.204 e. The summed E-state index contributed by atoms with van der Waals surface area (Å²) in [5, 5.41) is -0.961. The Kier molecular flexibility index (Phi) is 3.35. The van der Waals surface area contributed by atoms with Crippen LogP contribution in [0.15, 0.2) is 0 Å². The zero-order valence-corrected chi connectivity index (χ0v) is 9.05. The topological polar surface area (TPSA) is 0 Å². The van der Waals surface area contributed by atoms with Crippen molar-refractivity contribution >= 4 is 58.0 Å². The molecule has 0 saturated carbocycles. The molecule has 0 spiro atoms. The first-order chi connectivity index (χ1) is 5.46. The van der Waals surface area contributed by atoms with Gasteiger partial charge >= 0.3 is 0 Å². The van der Waals surface area contributed by atoms with Crippen molar-refractivity contribution in [3.63, 3.8) is 0 Å². The molecule has 1 aromatic carbocycles. The average Bonchev–Trinajstić information content (AvgIpc) is 2.08. The number of hydrogen-bond donors (Lipinski definition) is 0. The zero-order valence-electron chi connectivity index (χ0n) is 5.27. The van der Waals surface area contributed by atoms with E-state index in [4.69, 9.17) is 58.0 Å². The van der Waals surface area contributed by atoms with Crippen LogP contribution in [-0.2, 0) is 0 Å². The molecule has 0 aliphatic rings. The molecule has 0 unspecified atom stereocenters. The molecule has 0 bridgehead atoms. The normalized spacial score (nSPS) is 10.5. The second-order valence-electron chi connectivity index (χ2n) is 1.88. The quantitative estimate of drug-likeness (QED) is 0.454. The first kappa shape index (κ1) is 10.7. The van der Waals surface area contributed by atoms with E-state index < -0.39 is 5.82 Å². The predicted molar refractivity (Wildman–Crippen MR) is 51.5 cm³/mol. The molecule has 12 heavy (non-hydrogen) atoms. The lowest BCUT2D eigenvalue weighted by Crippen LogP contribution is -1.84. The van der Waals surface area contributed by atoms with Gasteiger partial charge in [-0.15, -0.1) is 0 Å². The Morgan fingerprint density at radius 2 is 0.833 bits per heavy atom. The number of halogens is 6. The summed E-state index contributed by atoms with van der Waals surface area (Å²) in [5.41, 5.74) is 0. The fourth-order valence-electron chi connectivity index (χ4n) is 0.578. The minimum absolute atomic E-state index is 0.0465. The monoisotopic (exact) mass is 266 g/mol. The van der Waals surface area contributed by atoms with E-state index in [0.717, 1.165) is 0 Å². The van der Waals surface area contributed by atoms with Gasteiger partial charge in [-0.05, 0) is 0 Å². The molecule has 0 amide bonds. The lowest BCUT2D eigenvalue weighted by atomic mass is 10.3. The summed E-state index contributed by atoms with van der Waals surface area (Å²) in [6, 6.07) is 0. The third-order valence-corrected chi connectivity index (χ3v) is 3.39. The van der Waals surface area contributed by atoms with Crippen LogP contribution < -0.4 is 0 Å². The van der Waals surface area contributed by atoms with Gasteiger partial charge in [0.05, 0.1) is 25.1 Å². The van der Waals surface area contributed by atoms with Crippen molar-refractivity contribution < 1.29 is 4.39 Å². The van der Waals surface area contributed by atoms with Gasteiger partial charge in [0, 0.05) is 0 Å². The van der Waals surface area contributed by atoms with Crippen LogP contribution in [0.25, 0.3) is 0 Å². The first-order valence-electron chi connectivity index (χ1n) is 2.63. The Balaban J connectivity index is 3.60. The molecule has 0 saturated heterocycles. The molecule has 0 fully saturated rings. The highest BCUT2D eigenvalue weighted by Gasteiger charge is 2.18. The van der Waals surface area contributed by atoms with Crippen LogP contribution in [-0.4, -0.2) is 0 Å². The highest BCUT2D eigenvalue weighted by molar-refractivity contribution is 6.54. The second-order valence-corrected chi connectivity index (χ2v) is 3.77.